The molecule has 1 saturated heterocycles. The molecule has 2 amide bonds. The SMILES string of the molecule is Cc1ccc(C(CNC(=O)c2ccc(CNC(=O)c3cccs3)cc2)N2CCOCC2)cc1. The summed E-state index contributed by atoms with van der Waals surface area (Å²) in [4.78, 5) is 28.0. The molecule has 0 spiro atoms. The number of hydrogen-bond donors (Lipinski definition) is 2. The lowest BCUT2D eigenvalue weighted by Gasteiger charge is -2.35. The Bertz CT molecular complexity index is 1040. The van der Waals surface area contributed by atoms with E-state index < -0.39 is 0 Å². The molecule has 1 aliphatic rings. The van der Waals surface area contributed by atoms with Gasteiger partial charge in [-0.2, -0.15) is 0 Å². The van der Waals surface area contributed by atoms with E-state index in [0.717, 1.165) is 18.7 Å². The van der Waals surface area contributed by atoms with E-state index in [1.54, 1.807) is 18.2 Å². The van der Waals surface area contributed by atoms with Crippen molar-refractivity contribution >= 4 is 23.2 Å². The highest BCUT2D eigenvalue weighted by atomic mass is 32.1. The van der Waals surface area contributed by atoms with Crippen molar-refractivity contribution in [3.05, 3.63) is 93.2 Å². The van der Waals surface area contributed by atoms with E-state index in [-0.39, 0.29) is 17.9 Å². The highest BCUT2D eigenvalue weighted by Gasteiger charge is 2.23. The largest absolute Gasteiger partial charge is 0.379 e. The molecule has 1 atom stereocenters. The van der Waals surface area contributed by atoms with Crippen molar-refractivity contribution in [1.29, 1.82) is 0 Å². The highest BCUT2D eigenvalue weighted by molar-refractivity contribution is 7.12. The third kappa shape index (κ3) is 6.28. The number of benzene rings is 2. The molecule has 1 unspecified atom stereocenters. The summed E-state index contributed by atoms with van der Waals surface area (Å²) in [6.45, 7) is 6.14. The van der Waals surface area contributed by atoms with E-state index in [9.17, 15) is 9.59 Å². The minimum absolute atomic E-state index is 0.0860. The highest BCUT2D eigenvalue weighted by Crippen LogP contribution is 2.22. The molecule has 4 rings (SSSR count). The molecule has 7 heteroatoms. The number of morpholine rings is 1. The van der Waals surface area contributed by atoms with E-state index in [2.05, 4.69) is 46.7 Å². The molecule has 2 aromatic carbocycles. The smallest absolute Gasteiger partial charge is 0.261 e. The zero-order valence-corrected chi connectivity index (χ0v) is 19.6. The van der Waals surface area contributed by atoms with Crippen LogP contribution in [-0.4, -0.2) is 49.6 Å². The standard InChI is InChI=1S/C26H29N3O3S/c1-19-4-8-21(9-5-19)23(29-12-14-32-15-13-29)18-28-25(30)22-10-6-20(7-11-22)17-27-26(31)24-3-2-16-33-24/h2-11,16,23H,12-15,17-18H2,1H3,(H,27,31)(H,28,30). The first-order chi connectivity index (χ1) is 16.1. The maximum atomic E-state index is 12.8. The molecule has 0 aliphatic carbocycles. The number of hydrogen-bond acceptors (Lipinski definition) is 5. The zero-order chi connectivity index (χ0) is 23.0. The van der Waals surface area contributed by atoms with Gasteiger partial charge in [-0.1, -0.05) is 48.0 Å². The van der Waals surface area contributed by atoms with Crippen LogP contribution in [0.25, 0.3) is 0 Å². The van der Waals surface area contributed by atoms with Crippen molar-refractivity contribution in [1.82, 2.24) is 15.5 Å². The third-order valence-corrected chi connectivity index (χ3v) is 6.69. The van der Waals surface area contributed by atoms with Gasteiger partial charge in [0.1, 0.15) is 0 Å². The average Bonchev–Trinajstić information content (AvgIpc) is 3.40. The van der Waals surface area contributed by atoms with Gasteiger partial charge in [0.25, 0.3) is 11.8 Å². The molecule has 1 aliphatic heterocycles. The summed E-state index contributed by atoms with van der Waals surface area (Å²) in [6, 6.07) is 19.6. The van der Waals surface area contributed by atoms with Gasteiger partial charge in [-0.15, -0.1) is 11.3 Å². The third-order valence-electron chi connectivity index (χ3n) is 5.82. The maximum absolute atomic E-state index is 12.8. The number of amides is 2. The number of carbonyl (C=O) groups excluding carboxylic acids is 2. The van der Waals surface area contributed by atoms with Gasteiger partial charge in [0.05, 0.1) is 24.1 Å². The van der Waals surface area contributed by atoms with Crippen molar-refractivity contribution in [3.63, 3.8) is 0 Å². The molecule has 1 aromatic heterocycles. The average molecular weight is 464 g/mol. The van der Waals surface area contributed by atoms with Gasteiger partial charge in [-0.05, 0) is 41.6 Å². The topological polar surface area (TPSA) is 70.7 Å². The number of thiophene rings is 1. The normalized spacial score (nSPS) is 15.1. The Morgan fingerprint density at radius 1 is 0.970 bits per heavy atom. The Morgan fingerprint density at radius 2 is 1.70 bits per heavy atom. The van der Waals surface area contributed by atoms with Crippen LogP contribution in [0.4, 0.5) is 0 Å². The Balaban J connectivity index is 1.34. The van der Waals surface area contributed by atoms with Crippen LogP contribution in [0.1, 0.15) is 42.8 Å². The maximum Gasteiger partial charge on any atom is 0.261 e. The van der Waals surface area contributed by atoms with Gasteiger partial charge in [0, 0.05) is 31.7 Å². The second kappa shape index (κ2) is 11.2. The molecule has 0 saturated carbocycles. The van der Waals surface area contributed by atoms with Crippen LogP contribution in [0.2, 0.25) is 0 Å². The van der Waals surface area contributed by atoms with Crippen molar-refractivity contribution < 1.29 is 14.3 Å². The van der Waals surface area contributed by atoms with Gasteiger partial charge in [0.2, 0.25) is 0 Å². The Morgan fingerprint density at radius 3 is 2.36 bits per heavy atom. The first kappa shape index (κ1) is 23.2. The lowest BCUT2D eigenvalue weighted by molar-refractivity contribution is 0.0162. The molecule has 3 aromatic rings. The quantitative estimate of drug-likeness (QED) is 0.533. The predicted octanol–water partition coefficient (Wildman–Crippen LogP) is 3.79. The van der Waals surface area contributed by atoms with Gasteiger partial charge in [-0.3, -0.25) is 14.5 Å². The van der Waals surface area contributed by atoms with E-state index in [1.165, 1.54) is 22.5 Å². The summed E-state index contributed by atoms with van der Waals surface area (Å²) >= 11 is 1.41. The molecular weight excluding hydrogens is 434 g/mol. The molecule has 0 radical (unpaired) electrons. The fourth-order valence-corrected chi connectivity index (χ4v) is 4.52. The van der Waals surface area contributed by atoms with Gasteiger partial charge >= 0.3 is 0 Å². The van der Waals surface area contributed by atoms with E-state index >= 15 is 0 Å². The predicted molar refractivity (Wildman–Crippen MR) is 131 cm³/mol. The summed E-state index contributed by atoms with van der Waals surface area (Å²) < 4.78 is 5.51. The lowest BCUT2D eigenvalue weighted by Crippen LogP contribution is -2.43. The molecule has 6 nitrogen and oxygen atoms in total. The van der Waals surface area contributed by atoms with Crippen molar-refractivity contribution in [2.45, 2.75) is 19.5 Å². The zero-order valence-electron chi connectivity index (χ0n) is 18.8. The van der Waals surface area contributed by atoms with Crippen LogP contribution < -0.4 is 10.6 Å². The van der Waals surface area contributed by atoms with E-state index in [1.807, 2.05) is 23.6 Å². The monoisotopic (exact) mass is 463 g/mol. The van der Waals surface area contributed by atoms with Crippen LogP contribution in [0, 0.1) is 6.92 Å². The second-order valence-corrected chi connectivity index (χ2v) is 9.09. The van der Waals surface area contributed by atoms with Crippen molar-refractivity contribution in [3.8, 4) is 0 Å². The lowest BCUT2D eigenvalue weighted by atomic mass is 10.0. The van der Waals surface area contributed by atoms with Crippen molar-refractivity contribution in [2.75, 3.05) is 32.8 Å². The number of ether oxygens (including phenoxy) is 1. The molecule has 1 fully saturated rings. The summed E-state index contributed by atoms with van der Waals surface area (Å²) in [5.74, 6) is -0.188. The second-order valence-electron chi connectivity index (χ2n) is 8.14. The molecule has 33 heavy (non-hydrogen) atoms. The fourth-order valence-electron chi connectivity index (χ4n) is 3.88. The Labute approximate surface area is 198 Å². The van der Waals surface area contributed by atoms with Crippen molar-refractivity contribution in [2.24, 2.45) is 0 Å². The van der Waals surface area contributed by atoms with Crippen LogP contribution in [-0.2, 0) is 11.3 Å². The Kier molecular flexibility index (Phi) is 7.88. The van der Waals surface area contributed by atoms with Crippen LogP contribution >= 0.6 is 11.3 Å². The number of nitrogens with zero attached hydrogens (tertiary/aromatic N) is 1. The summed E-state index contributed by atoms with van der Waals surface area (Å²) in [5, 5.41) is 7.89. The molecule has 172 valence electrons. The van der Waals surface area contributed by atoms with Gasteiger partial charge < -0.3 is 15.4 Å². The van der Waals surface area contributed by atoms with Crippen LogP contribution in [0.3, 0.4) is 0 Å². The van der Waals surface area contributed by atoms with E-state index in [4.69, 9.17) is 4.74 Å². The molecule has 2 N–H and O–H groups in total. The van der Waals surface area contributed by atoms with Gasteiger partial charge in [0.15, 0.2) is 0 Å². The Hall–Kier alpha value is -3.00. The minimum Gasteiger partial charge on any atom is -0.379 e. The van der Waals surface area contributed by atoms with Gasteiger partial charge in [-0.25, -0.2) is 0 Å². The van der Waals surface area contributed by atoms with Crippen LogP contribution in [0.5, 0.6) is 0 Å². The summed E-state index contributed by atoms with van der Waals surface area (Å²) in [6.07, 6.45) is 0. The number of aryl methyl sites for hydroxylation is 1. The summed E-state index contributed by atoms with van der Waals surface area (Å²) in [7, 11) is 0. The fraction of sp³-hybridized carbons (Fsp3) is 0.308. The molecule has 0 bridgehead atoms. The first-order valence-electron chi connectivity index (χ1n) is 11.2. The molecule has 2 heterocycles. The number of nitrogens with one attached hydrogen (secondary N) is 2. The number of rotatable bonds is 8. The summed E-state index contributed by atoms with van der Waals surface area (Å²) in [5.41, 5.74) is 3.96. The van der Waals surface area contributed by atoms with Crippen LogP contribution in [0.15, 0.2) is 66.0 Å². The molecular formula is C26H29N3O3S. The minimum atomic E-state index is -0.102. The number of carbonyl (C=O) groups is 2. The first-order valence-corrected chi connectivity index (χ1v) is 12.1. The van der Waals surface area contributed by atoms with E-state index in [0.29, 0.717) is 36.7 Å².